The Hall–Kier alpha value is -1.33. The first-order valence-corrected chi connectivity index (χ1v) is 9.37. The van der Waals surface area contributed by atoms with Gasteiger partial charge < -0.3 is 20.3 Å². The fraction of sp³-hybridized carbons (Fsp3) is 0.737. The summed E-state index contributed by atoms with van der Waals surface area (Å²) in [4.78, 5) is 7.20. The Morgan fingerprint density at radius 2 is 1.67 bits per heavy atom. The van der Waals surface area contributed by atoms with Crippen LogP contribution in [0.1, 0.15) is 45.2 Å². The first kappa shape index (κ1) is 17.5. The van der Waals surface area contributed by atoms with Crippen molar-refractivity contribution in [3.63, 3.8) is 0 Å². The van der Waals surface area contributed by atoms with Gasteiger partial charge in [-0.25, -0.2) is 4.98 Å². The van der Waals surface area contributed by atoms with Gasteiger partial charge in [0.15, 0.2) is 0 Å². The first-order chi connectivity index (χ1) is 11.5. The van der Waals surface area contributed by atoms with Crippen molar-refractivity contribution in [1.29, 1.82) is 0 Å². The highest BCUT2D eigenvalue weighted by atomic mass is 16.5. The van der Waals surface area contributed by atoms with Crippen molar-refractivity contribution in [2.24, 2.45) is 0 Å². The van der Waals surface area contributed by atoms with Gasteiger partial charge in [0.2, 0.25) is 0 Å². The van der Waals surface area contributed by atoms with Crippen LogP contribution >= 0.6 is 0 Å². The van der Waals surface area contributed by atoms with Crippen LogP contribution in [0.3, 0.4) is 0 Å². The maximum Gasteiger partial charge on any atom is 0.129 e. The first-order valence-electron chi connectivity index (χ1n) is 9.37. The molecule has 1 saturated carbocycles. The van der Waals surface area contributed by atoms with Crippen molar-refractivity contribution in [3.05, 3.63) is 17.8 Å². The van der Waals surface area contributed by atoms with Gasteiger partial charge in [-0.15, -0.1) is 0 Å². The number of morpholine rings is 1. The summed E-state index contributed by atoms with van der Waals surface area (Å²) < 4.78 is 5.82. The van der Waals surface area contributed by atoms with Gasteiger partial charge in [0.05, 0.1) is 23.6 Å². The predicted octanol–water partition coefficient (Wildman–Crippen LogP) is 2.95. The molecule has 1 aromatic heterocycles. The van der Waals surface area contributed by atoms with Crippen molar-refractivity contribution < 1.29 is 4.74 Å². The van der Waals surface area contributed by atoms with E-state index in [0.29, 0.717) is 12.1 Å². The zero-order valence-electron chi connectivity index (χ0n) is 15.5. The smallest absolute Gasteiger partial charge is 0.129 e. The van der Waals surface area contributed by atoms with Crippen LogP contribution < -0.4 is 15.5 Å². The van der Waals surface area contributed by atoms with E-state index in [-0.39, 0.29) is 12.2 Å². The summed E-state index contributed by atoms with van der Waals surface area (Å²) in [6.07, 6.45) is 5.48. The molecule has 0 bridgehead atoms. The molecule has 5 nitrogen and oxygen atoms in total. The van der Waals surface area contributed by atoms with Gasteiger partial charge in [-0.1, -0.05) is 0 Å². The van der Waals surface area contributed by atoms with Gasteiger partial charge in [-0.2, -0.15) is 0 Å². The second-order valence-corrected chi connectivity index (χ2v) is 7.45. The van der Waals surface area contributed by atoms with E-state index in [4.69, 9.17) is 9.72 Å². The number of pyridine rings is 1. The lowest BCUT2D eigenvalue weighted by molar-refractivity contribution is -0.00546. The molecule has 1 aliphatic heterocycles. The molecule has 1 saturated heterocycles. The van der Waals surface area contributed by atoms with E-state index in [9.17, 15) is 0 Å². The van der Waals surface area contributed by atoms with Crippen molar-refractivity contribution in [2.75, 3.05) is 30.4 Å². The minimum Gasteiger partial charge on any atom is -0.381 e. The van der Waals surface area contributed by atoms with Crippen molar-refractivity contribution in [1.82, 2.24) is 10.3 Å². The maximum atomic E-state index is 5.82. The molecule has 2 heterocycles. The number of anilines is 2. The quantitative estimate of drug-likeness (QED) is 0.888. The number of ether oxygens (including phenoxy) is 1. The van der Waals surface area contributed by atoms with E-state index in [1.165, 1.54) is 31.4 Å². The number of aromatic nitrogens is 1. The van der Waals surface area contributed by atoms with E-state index in [0.717, 1.165) is 24.6 Å². The fourth-order valence-electron chi connectivity index (χ4n) is 3.99. The van der Waals surface area contributed by atoms with Crippen LogP contribution in [-0.2, 0) is 4.74 Å². The van der Waals surface area contributed by atoms with E-state index in [1.54, 1.807) is 0 Å². The Morgan fingerprint density at radius 3 is 2.25 bits per heavy atom. The Morgan fingerprint density at radius 1 is 1.04 bits per heavy atom. The minimum atomic E-state index is 0.260. The van der Waals surface area contributed by atoms with Crippen LogP contribution in [0.2, 0.25) is 0 Å². The molecule has 0 amide bonds. The van der Waals surface area contributed by atoms with Gasteiger partial charge in [-0.3, -0.25) is 0 Å². The number of rotatable bonds is 4. The van der Waals surface area contributed by atoms with E-state index in [2.05, 4.69) is 55.5 Å². The SMILES string of the molecule is CNC1CCC(Nc2ccc(N3C[C@@H](C)O[C@@H](C)C3)nc2C)CC1. The molecule has 2 aliphatic rings. The molecule has 134 valence electrons. The summed E-state index contributed by atoms with van der Waals surface area (Å²) in [5.41, 5.74) is 2.27. The highest BCUT2D eigenvalue weighted by Gasteiger charge is 2.24. The molecule has 0 radical (unpaired) electrons. The summed E-state index contributed by atoms with van der Waals surface area (Å²) in [6.45, 7) is 8.20. The van der Waals surface area contributed by atoms with E-state index in [1.807, 2.05) is 0 Å². The summed E-state index contributed by atoms with van der Waals surface area (Å²) in [6, 6.07) is 5.62. The average Bonchev–Trinajstić information content (AvgIpc) is 2.56. The highest BCUT2D eigenvalue weighted by molar-refractivity contribution is 5.54. The van der Waals surface area contributed by atoms with Gasteiger partial charge >= 0.3 is 0 Å². The minimum absolute atomic E-state index is 0.260. The van der Waals surface area contributed by atoms with Crippen LogP contribution in [-0.4, -0.2) is 49.4 Å². The second-order valence-electron chi connectivity index (χ2n) is 7.45. The molecule has 0 spiro atoms. The third kappa shape index (κ3) is 4.19. The molecule has 1 aromatic rings. The zero-order valence-corrected chi connectivity index (χ0v) is 15.5. The number of aryl methyl sites for hydroxylation is 1. The van der Waals surface area contributed by atoms with Crippen LogP contribution in [0.25, 0.3) is 0 Å². The number of hydrogen-bond acceptors (Lipinski definition) is 5. The summed E-state index contributed by atoms with van der Waals surface area (Å²) in [7, 11) is 2.07. The van der Waals surface area contributed by atoms with Crippen molar-refractivity contribution in [2.45, 2.75) is 70.7 Å². The molecule has 3 rings (SSSR count). The lowest BCUT2D eigenvalue weighted by Crippen LogP contribution is -2.45. The number of nitrogens with one attached hydrogen (secondary N) is 2. The third-order valence-electron chi connectivity index (χ3n) is 5.31. The Bertz CT molecular complexity index is 532. The van der Waals surface area contributed by atoms with Crippen molar-refractivity contribution >= 4 is 11.5 Å². The molecular weight excluding hydrogens is 300 g/mol. The topological polar surface area (TPSA) is 49.4 Å². The second kappa shape index (κ2) is 7.70. The average molecular weight is 332 g/mol. The monoisotopic (exact) mass is 332 g/mol. The van der Waals surface area contributed by atoms with Crippen molar-refractivity contribution in [3.8, 4) is 0 Å². The third-order valence-corrected chi connectivity index (χ3v) is 5.31. The summed E-state index contributed by atoms with van der Waals surface area (Å²) in [5.74, 6) is 1.07. The Labute approximate surface area is 146 Å². The largest absolute Gasteiger partial charge is 0.381 e. The molecule has 2 N–H and O–H groups in total. The molecule has 5 heteroatoms. The molecular formula is C19H32N4O. The van der Waals surface area contributed by atoms with Crippen LogP contribution in [0.15, 0.2) is 12.1 Å². The highest BCUT2D eigenvalue weighted by Crippen LogP contribution is 2.26. The Kier molecular flexibility index (Phi) is 5.61. The fourth-order valence-corrected chi connectivity index (χ4v) is 3.99. The maximum absolute atomic E-state index is 5.82. The molecule has 1 aliphatic carbocycles. The summed E-state index contributed by atoms with van der Waals surface area (Å²) >= 11 is 0. The molecule has 0 aromatic carbocycles. The van der Waals surface area contributed by atoms with Crippen LogP contribution in [0.5, 0.6) is 0 Å². The predicted molar refractivity (Wildman–Crippen MR) is 99.9 cm³/mol. The number of nitrogens with zero attached hydrogens (tertiary/aromatic N) is 2. The lowest BCUT2D eigenvalue weighted by atomic mass is 9.91. The zero-order chi connectivity index (χ0) is 17.1. The van der Waals surface area contributed by atoms with Crippen LogP contribution in [0, 0.1) is 6.92 Å². The van der Waals surface area contributed by atoms with E-state index >= 15 is 0 Å². The van der Waals surface area contributed by atoms with Gasteiger partial charge in [-0.05, 0) is 65.6 Å². The van der Waals surface area contributed by atoms with Crippen LogP contribution in [0.4, 0.5) is 11.5 Å². The lowest BCUT2D eigenvalue weighted by Gasteiger charge is -2.36. The molecule has 0 unspecified atom stereocenters. The summed E-state index contributed by atoms with van der Waals surface area (Å²) in [5, 5.41) is 7.10. The number of hydrogen-bond donors (Lipinski definition) is 2. The molecule has 24 heavy (non-hydrogen) atoms. The molecule has 2 fully saturated rings. The van der Waals surface area contributed by atoms with Gasteiger partial charge in [0.25, 0.3) is 0 Å². The normalized spacial score (nSPS) is 31.1. The Balaban J connectivity index is 1.62. The van der Waals surface area contributed by atoms with E-state index < -0.39 is 0 Å². The van der Waals surface area contributed by atoms with Gasteiger partial charge in [0.1, 0.15) is 5.82 Å². The standard InChI is InChI=1S/C19H32N4O/c1-13-11-23(12-14(2)24-13)19-10-9-18(15(3)21-19)22-17-7-5-16(20-4)6-8-17/h9-10,13-14,16-17,20,22H,5-8,11-12H2,1-4H3/t13-,14+,16?,17?. The van der Waals surface area contributed by atoms with Gasteiger partial charge in [0, 0.05) is 25.2 Å². The molecule has 2 atom stereocenters.